The minimum absolute atomic E-state index is 0.00109. The van der Waals surface area contributed by atoms with Crippen molar-refractivity contribution in [1.82, 2.24) is 25.0 Å². The molecule has 1 saturated heterocycles. The average molecular weight is 448 g/mol. The summed E-state index contributed by atoms with van der Waals surface area (Å²) in [7, 11) is 3.34. The maximum Gasteiger partial charge on any atom is 0.242 e. The maximum absolute atomic E-state index is 12.7. The summed E-state index contributed by atoms with van der Waals surface area (Å²) in [6, 6.07) is 15.9. The van der Waals surface area contributed by atoms with Gasteiger partial charge in [-0.1, -0.05) is 12.1 Å². The van der Waals surface area contributed by atoms with Crippen molar-refractivity contribution in [2.75, 3.05) is 27.3 Å². The molecule has 2 aliphatic rings. The van der Waals surface area contributed by atoms with Crippen LogP contribution in [0.5, 0.6) is 11.5 Å². The largest absolute Gasteiger partial charge is 0.497 e. The topological polar surface area (TPSA) is 81.5 Å². The SMILES string of the molecule is COc1ccc(-c2nc3n(n2)CC(=O)NC2(CCN(Cc4cccc(OC)c4)CC2)C3)cc1. The predicted octanol–water partition coefficient (Wildman–Crippen LogP) is 2.67. The van der Waals surface area contributed by atoms with Gasteiger partial charge in [0.25, 0.3) is 0 Å². The maximum atomic E-state index is 12.7. The number of piperidine rings is 1. The standard InChI is InChI=1S/C25H29N5O3/c1-32-20-8-6-19(7-9-20)24-26-22-15-25(27-23(31)17-30(22)28-24)10-12-29(13-11-25)16-18-4-3-5-21(14-18)33-2/h3-9,14H,10-13,15-17H2,1-2H3,(H,27,31). The van der Waals surface area contributed by atoms with Crippen molar-refractivity contribution in [2.24, 2.45) is 0 Å². The molecule has 1 spiro atoms. The van der Waals surface area contributed by atoms with Crippen LogP contribution in [0.15, 0.2) is 48.5 Å². The smallest absolute Gasteiger partial charge is 0.242 e. The van der Waals surface area contributed by atoms with Crippen LogP contribution < -0.4 is 14.8 Å². The molecule has 2 aromatic carbocycles. The lowest BCUT2D eigenvalue weighted by Gasteiger charge is -2.41. The summed E-state index contributed by atoms with van der Waals surface area (Å²) in [5.74, 6) is 3.18. The lowest BCUT2D eigenvalue weighted by molar-refractivity contribution is -0.123. The Labute approximate surface area is 193 Å². The van der Waals surface area contributed by atoms with E-state index >= 15 is 0 Å². The molecular formula is C25H29N5O3. The van der Waals surface area contributed by atoms with Crippen LogP contribution in [0.25, 0.3) is 11.4 Å². The summed E-state index contributed by atoms with van der Waals surface area (Å²) < 4.78 is 12.3. The molecule has 1 N–H and O–H groups in total. The number of rotatable bonds is 5. The van der Waals surface area contributed by atoms with Crippen molar-refractivity contribution >= 4 is 5.91 Å². The van der Waals surface area contributed by atoms with E-state index in [1.807, 2.05) is 36.4 Å². The fourth-order valence-electron chi connectivity index (χ4n) is 4.78. The quantitative estimate of drug-likeness (QED) is 0.648. The highest BCUT2D eigenvalue weighted by atomic mass is 16.5. The van der Waals surface area contributed by atoms with E-state index in [0.29, 0.717) is 12.2 Å². The van der Waals surface area contributed by atoms with E-state index in [9.17, 15) is 4.79 Å². The van der Waals surface area contributed by atoms with E-state index in [1.54, 1.807) is 18.9 Å². The number of ether oxygens (including phenoxy) is 2. The Morgan fingerprint density at radius 2 is 1.79 bits per heavy atom. The van der Waals surface area contributed by atoms with Gasteiger partial charge in [-0.2, -0.15) is 5.10 Å². The number of amides is 1. The van der Waals surface area contributed by atoms with Gasteiger partial charge in [0, 0.05) is 37.2 Å². The Bertz CT molecular complexity index is 1130. The zero-order chi connectivity index (χ0) is 22.8. The van der Waals surface area contributed by atoms with E-state index in [4.69, 9.17) is 14.5 Å². The lowest BCUT2D eigenvalue weighted by Crippen LogP contribution is -2.56. The molecule has 1 aromatic heterocycles. The molecule has 3 aromatic rings. The molecule has 5 rings (SSSR count). The molecule has 0 saturated carbocycles. The van der Waals surface area contributed by atoms with Gasteiger partial charge in [-0.25, -0.2) is 9.67 Å². The van der Waals surface area contributed by atoms with Crippen molar-refractivity contribution in [3.05, 3.63) is 59.9 Å². The van der Waals surface area contributed by atoms with Crippen molar-refractivity contribution < 1.29 is 14.3 Å². The fraction of sp³-hybridized carbons (Fsp3) is 0.400. The van der Waals surface area contributed by atoms with Gasteiger partial charge in [-0.05, 0) is 54.8 Å². The van der Waals surface area contributed by atoms with E-state index in [0.717, 1.165) is 55.4 Å². The number of likely N-dealkylation sites (tertiary alicyclic amines) is 1. The van der Waals surface area contributed by atoms with Gasteiger partial charge in [0.2, 0.25) is 5.91 Å². The summed E-state index contributed by atoms with van der Waals surface area (Å²) in [4.78, 5) is 20.0. The number of fused-ring (bicyclic) bond motifs is 1. The van der Waals surface area contributed by atoms with Gasteiger partial charge in [-0.3, -0.25) is 9.69 Å². The number of nitrogens with zero attached hydrogens (tertiary/aromatic N) is 4. The number of methoxy groups -OCH3 is 2. The number of nitrogens with one attached hydrogen (secondary N) is 1. The number of carbonyl (C=O) groups excluding carboxylic acids is 1. The molecule has 8 nitrogen and oxygen atoms in total. The molecule has 172 valence electrons. The number of benzene rings is 2. The Hall–Kier alpha value is -3.39. The second-order valence-electron chi connectivity index (χ2n) is 8.87. The lowest BCUT2D eigenvalue weighted by atomic mass is 9.84. The molecule has 1 fully saturated rings. The Morgan fingerprint density at radius 3 is 2.52 bits per heavy atom. The van der Waals surface area contributed by atoms with Gasteiger partial charge in [0.1, 0.15) is 23.9 Å². The summed E-state index contributed by atoms with van der Waals surface area (Å²) >= 11 is 0. The number of aromatic nitrogens is 3. The van der Waals surface area contributed by atoms with E-state index < -0.39 is 0 Å². The van der Waals surface area contributed by atoms with Crippen LogP contribution in [0.1, 0.15) is 24.2 Å². The second kappa shape index (κ2) is 8.86. The van der Waals surface area contributed by atoms with Crippen molar-refractivity contribution in [1.29, 1.82) is 0 Å². The van der Waals surface area contributed by atoms with Crippen LogP contribution in [-0.4, -0.2) is 58.4 Å². The third-order valence-corrected chi connectivity index (χ3v) is 6.64. The first-order chi connectivity index (χ1) is 16.1. The van der Waals surface area contributed by atoms with Gasteiger partial charge >= 0.3 is 0 Å². The highest BCUT2D eigenvalue weighted by Crippen LogP contribution is 2.30. The minimum atomic E-state index is -0.277. The molecule has 1 amide bonds. The van der Waals surface area contributed by atoms with Crippen LogP contribution in [0.4, 0.5) is 0 Å². The zero-order valence-electron chi connectivity index (χ0n) is 19.1. The Morgan fingerprint density at radius 1 is 1.03 bits per heavy atom. The third kappa shape index (κ3) is 4.57. The average Bonchev–Trinajstić information content (AvgIpc) is 3.16. The summed E-state index contributed by atoms with van der Waals surface area (Å²) in [5.41, 5.74) is 1.87. The molecule has 8 heteroatoms. The van der Waals surface area contributed by atoms with E-state index in [-0.39, 0.29) is 18.0 Å². The molecule has 0 aliphatic carbocycles. The van der Waals surface area contributed by atoms with Crippen molar-refractivity contribution in [3.63, 3.8) is 0 Å². The predicted molar refractivity (Wildman–Crippen MR) is 124 cm³/mol. The molecular weight excluding hydrogens is 418 g/mol. The molecule has 0 radical (unpaired) electrons. The van der Waals surface area contributed by atoms with Crippen molar-refractivity contribution in [2.45, 2.75) is 37.9 Å². The monoisotopic (exact) mass is 447 g/mol. The highest BCUT2D eigenvalue weighted by Gasteiger charge is 2.39. The summed E-state index contributed by atoms with van der Waals surface area (Å²) in [6.45, 7) is 2.90. The van der Waals surface area contributed by atoms with Crippen LogP contribution in [0.2, 0.25) is 0 Å². The van der Waals surface area contributed by atoms with Crippen LogP contribution in [0.3, 0.4) is 0 Å². The van der Waals surface area contributed by atoms with Gasteiger partial charge in [0.05, 0.1) is 14.2 Å². The summed E-state index contributed by atoms with van der Waals surface area (Å²) in [6.07, 6.45) is 2.45. The second-order valence-corrected chi connectivity index (χ2v) is 8.87. The molecule has 2 aliphatic heterocycles. The van der Waals surface area contributed by atoms with Gasteiger partial charge in [0.15, 0.2) is 5.82 Å². The van der Waals surface area contributed by atoms with Gasteiger partial charge in [-0.15, -0.1) is 0 Å². The van der Waals surface area contributed by atoms with Crippen LogP contribution in [-0.2, 0) is 24.3 Å². The number of hydrogen-bond acceptors (Lipinski definition) is 6. The molecule has 0 unspecified atom stereocenters. The molecule has 3 heterocycles. The first-order valence-electron chi connectivity index (χ1n) is 11.3. The normalized spacial score (nSPS) is 17.8. The third-order valence-electron chi connectivity index (χ3n) is 6.64. The first-order valence-corrected chi connectivity index (χ1v) is 11.3. The first kappa shape index (κ1) is 21.5. The number of hydrogen-bond donors (Lipinski definition) is 1. The molecule has 0 bridgehead atoms. The van der Waals surface area contributed by atoms with E-state index in [1.165, 1.54) is 5.56 Å². The van der Waals surface area contributed by atoms with Crippen LogP contribution in [0, 0.1) is 0 Å². The van der Waals surface area contributed by atoms with E-state index in [2.05, 4.69) is 27.4 Å². The summed E-state index contributed by atoms with van der Waals surface area (Å²) in [5, 5.41) is 7.93. The fourth-order valence-corrected chi connectivity index (χ4v) is 4.78. The van der Waals surface area contributed by atoms with Crippen molar-refractivity contribution in [3.8, 4) is 22.9 Å². The minimum Gasteiger partial charge on any atom is -0.497 e. The molecule has 33 heavy (non-hydrogen) atoms. The number of carbonyl (C=O) groups is 1. The molecule has 0 atom stereocenters. The van der Waals surface area contributed by atoms with Gasteiger partial charge < -0.3 is 14.8 Å². The van der Waals surface area contributed by atoms with Crippen LogP contribution >= 0.6 is 0 Å². The Kier molecular flexibility index (Phi) is 5.76. The Balaban J connectivity index is 1.30. The highest BCUT2D eigenvalue weighted by molar-refractivity contribution is 5.77. The zero-order valence-corrected chi connectivity index (χ0v) is 19.1.